The molecular weight excluding hydrogens is 250 g/mol. The van der Waals surface area contributed by atoms with Crippen molar-refractivity contribution in [2.24, 2.45) is 13.0 Å². The standard InChI is InChI=1S/C16H29N3O/c1-7-8-18-14(13-10-17-11-19(13)6)12-9-15(2,3)20-16(12,4)5/h10-12,14,18H,7-9H2,1-6H3. The van der Waals surface area contributed by atoms with Crippen LogP contribution in [0, 0.1) is 5.92 Å². The van der Waals surface area contributed by atoms with Crippen LogP contribution in [0.2, 0.25) is 0 Å². The Kier molecular flexibility index (Phi) is 4.26. The SMILES string of the molecule is CCCNC(c1cncn1C)C1CC(C)(C)OC1(C)C. The second-order valence-electron chi connectivity index (χ2n) is 7.14. The molecule has 1 saturated heterocycles. The normalized spacial score (nSPS) is 25.8. The molecule has 2 heterocycles. The number of hydrogen-bond donors (Lipinski definition) is 1. The maximum atomic E-state index is 6.28. The maximum Gasteiger partial charge on any atom is 0.0946 e. The Labute approximate surface area is 122 Å². The molecule has 0 saturated carbocycles. The van der Waals surface area contributed by atoms with Gasteiger partial charge in [-0.05, 0) is 47.1 Å². The lowest BCUT2D eigenvalue weighted by molar-refractivity contribution is -0.0780. The molecule has 20 heavy (non-hydrogen) atoms. The maximum absolute atomic E-state index is 6.28. The Hall–Kier alpha value is -0.870. The highest BCUT2D eigenvalue weighted by Gasteiger charge is 2.49. The molecule has 0 aromatic carbocycles. The van der Waals surface area contributed by atoms with Gasteiger partial charge in [0.05, 0.1) is 29.3 Å². The van der Waals surface area contributed by atoms with Gasteiger partial charge in [-0.25, -0.2) is 4.98 Å². The summed E-state index contributed by atoms with van der Waals surface area (Å²) in [5, 5.41) is 3.71. The zero-order chi connectivity index (χ0) is 15.0. The molecule has 1 aliphatic heterocycles. The summed E-state index contributed by atoms with van der Waals surface area (Å²) < 4.78 is 8.40. The van der Waals surface area contributed by atoms with E-state index in [1.165, 1.54) is 5.69 Å². The van der Waals surface area contributed by atoms with E-state index in [9.17, 15) is 0 Å². The van der Waals surface area contributed by atoms with Gasteiger partial charge >= 0.3 is 0 Å². The third kappa shape index (κ3) is 3.07. The summed E-state index contributed by atoms with van der Waals surface area (Å²) in [6.07, 6.45) is 6.05. The minimum atomic E-state index is -0.126. The highest BCUT2D eigenvalue weighted by atomic mass is 16.5. The van der Waals surface area contributed by atoms with Crippen LogP contribution in [0.3, 0.4) is 0 Å². The molecule has 1 N–H and O–H groups in total. The molecule has 0 aliphatic carbocycles. The topological polar surface area (TPSA) is 39.1 Å². The predicted molar refractivity (Wildman–Crippen MR) is 81.6 cm³/mol. The summed E-state index contributed by atoms with van der Waals surface area (Å²) in [6.45, 7) is 12.0. The van der Waals surface area contributed by atoms with Crippen LogP contribution in [-0.2, 0) is 11.8 Å². The van der Waals surface area contributed by atoms with Crippen LogP contribution >= 0.6 is 0 Å². The first-order chi connectivity index (χ1) is 9.27. The van der Waals surface area contributed by atoms with Crippen LogP contribution in [0.15, 0.2) is 12.5 Å². The van der Waals surface area contributed by atoms with E-state index in [-0.39, 0.29) is 11.2 Å². The molecule has 2 unspecified atom stereocenters. The van der Waals surface area contributed by atoms with Crippen molar-refractivity contribution < 1.29 is 4.74 Å². The van der Waals surface area contributed by atoms with Gasteiger partial charge < -0.3 is 14.6 Å². The number of aromatic nitrogens is 2. The summed E-state index contributed by atoms with van der Waals surface area (Å²) in [5.41, 5.74) is 1.07. The molecule has 0 spiro atoms. The first kappa shape index (κ1) is 15.5. The minimum absolute atomic E-state index is 0.0566. The molecule has 1 fully saturated rings. The van der Waals surface area contributed by atoms with Gasteiger partial charge in [-0.2, -0.15) is 0 Å². The molecule has 114 valence electrons. The molecular formula is C16H29N3O. The highest BCUT2D eigenvalue weighted by molar-refractivity contribution is 5.12. The number of imidazole rings is 1. The van der Waals surface area contributed by atoms with Crippen molar-refractivity contribution in [2.45, 2.75) is 64.7 Å². The lowest BCUT2D eigenvalue weighted by atomic mass is 9.80. The number of hydrogen-bond acceptors (Lipinski definition) is 3. The Morgan fingerprint density at radius 3 is 2.60 bits per heavy atom. The molecule has 0 radical (unpaired) electrons. The largest absolute Gasteiger partial charge is 0.369 e. The van der Waals surface area contributed by atoms with Crippen LogP contribution < -0.4 is 5.32 Å². The third-order valence-electron chi connectivity index (χ3n) is 4.33. The zero-order valence-corrected chi connectivity index (χ0v) is 13.7. The number of rotatable bonds is 5. The summed E-state index contributed by atoms with van der Waals surface area (Å²) >= 11 is 0. The number of nitrogens with one attached hydrogen (secondary N) is 1. The Morgan fingerprint density at radius 2 is 2.15 bits per heavy atom. The summed E-state index contributed by atoms with van der Waals surface area (Å²) in [4.78, 5) is 4.29. The van der Waals surface area contributed by atoms with Crippen LogP contribution in [-0.4, -0.2) is 27.3 Å². The van der Waals surface area contributed by atoms with Crippen LogP contribution in [0.1, 0.15) is 59.2 Å². The van der Waals surface area contributed by atoms with E-state index in [4.69, 9.17) is 4.74 Å². The van der Waals surface area contributed by atoms with E-state index >= 15 is 0 Å². The van der Waals surface area contributed by atoms with Crippen molar-refractivity contribution in [2.75, 3.05) is 6.54 Å². The Bertz CT molecular complexity index is 450. The smallest absolute Gasteiger partial charge is 0.0946 e. The van der Waals surface area contributed by atoms with Gasteiger partial charge in [0.1, 0.15) is 0 Å². The molecule has 4 nitrogen and oxygen atoms in total. The lowest BCUT2D eigenvalue weighted by Gasteiger charge is -2.33. The first-order valence-corrected chi connectivity index (χ1v) is 7.66. The van der Waals surface area contributed by atoms with Crippen molar-refractivity contribution in [3.05, 3.63) is 18.2 Å². The second-order valence-corrected chi connectivity index (χ2v) is 7.14. The van der Waals surface area contributed by atoms with Gasteiger partial charge in [0.25, 0.3) is 0 Å². The quantitative estimate of drug-likeness (QED) is 0.900. The van der Waals surface area contributed by atoms with Crippen molar-refractivity contribution in [3.8, 4) is 0 Å². The predicted octanol–water partition coefficient (Wildman–Crippen LogP) is 3.05. The van der Waals surface area contributed by atoms with E-state index < -0.39 is 0 Å². The Morgan fingerprint density at radius 1 is 1.45 bits per heavy atom. The highest BCUT2D eigenvalue weighted by Crippen LogP contribution is 2.47. The van der Waals surface area contributed by atoms with E-state index in [1.54, 1.807) is 0 Å². The fraction of sp³-hybridized carbons (Fsp3) is 0.812. The van der Waals surface area contributed by atoms with Crippen LogP contribution in [0.4, 0.5) is 0 Å². The second kappa shape index (κ2) is 5.49. The molecule has 1 aromatic heterocycles. The van der Waals surface area contributed by atoms with Gasteiger partial charge in [0.2, 0.25) is 0 Å². The number of nitrogens with zero attached hydrogens (tertiary/aromatic N) is 2. The molecule has 2 atom stereocenters. The average Bonchev–Trinajstić information content (AvgIpc) is 2.81. The van der Waals surface area contributed by atoms with Crippen LogP contribution in [0.25, 0.3) is 0 Å². The van der Waals surface area contributed by atoms with E-state index in [1.807, 2.05) is 12.5 Å². The summed E-state index contributed by atoms with van der Waals surface area (Å²) in [5.74, 6) is 0.444. The van der Waals surface area contributed by atoms with Crippen molar-refractivity contribution >= 4 is 0 Å². The fourth-order valence-electron chi connectivity index (χ4n) is 3.54. The van der Waals surface area contributed by atoms with Gasteiger partial charge in [-0.1, -0.05) is 6.92 Å². The lowest BCUT2D eigenvalue weighted by Crippen LogP contribution is -2.39. The monoisotopic (exact) mass is 279 g/mol. The van der Waals surface area contributed by atoms with E-state index in [2.05, 4.69) is 56.5 Å². The number of aryl methyl sites for hydroxylation is 1. The fourth-order valence-corrected chi connectivity index (χ4v) is 3.54. The van der Waals surface area contributed by atoms with Crippen molar-refractivity contribution in [3.63, 3.8) is 0 Å². The van der Waals surface area contributed by atoms with Crippen molar-refractivity contribution in [1.82, 2.24) is 14.9 Å². The molecule has 1 aromatic rings. The van der Waals surface area contributed by atoms with Crippen LogP contribution in [0.5, 0.6) is 0 Å². The van der Waals surface area contributed by atoms with Gasteiger partial charge in [-0.3, -0.25) is 0 Å². The Balaban J connectivity index is 2.30. The molecule has 4 heteroatoms. The van der Waals surface area contributed by atoms with Crippen molar-refractivity contribution in [1.29, 1.82) is 0 Å². The molecule has 0 bridgehead atoms. The number of ether oxygens (including phenoxy) is 1. The molecule has 1 aliphatic rings. The van der Waals surface area contributed by atoms with Gasteiger partial charge in [0, 0.05) is 19.2 Å². The van der Waals surface area contributed by atoms with Gasteiger partial charge in [0.15, 0.2) is 0 Å². The minimum Gasteiger partial charge on any atom is -0.369 e. The van der Waals surface area contributed by atoms with Gasteiger partial charge in [-0.15, -0.1) is 0 Å². The van der Waals surface area contributed by atoms with E-state index in [0.717, 1.165) is 19.4 Å². The average molecular weight is 279 g/mol. The summed E-state index contributed by atoms with van der Waals surface area (Å²) in [6, 6.07) is 0.291. The molecule has 2 rings (SSSR count). The summed E-state index contributed by atoms with van der Waals surface area (Å²) in [7, 11) is 2.07. The third-order valence-corrected chi connectivity index (χ3v) is 4.33. The molecule has 0 amide bonds. The zero-order valence-electron chi connectivity index (χ0n) is 13.7. The first-order valence-electron chi connectivity index (χ1n) is 7.66. The van der Waals surface area contributed by atoms with E-state index in [0.29, 0.717) is 12.0 Å².